The fourth-order valence-electron chi connectivity index (χ4n) is 1.17. The summed E-state index contributed by atoms with van der Waals surface area (Å²) >= 11 is 0. The van der Waals surface area contributed by atoms with E-state index in [2.05, 4.69) is 5.32 Å². The highest BCUT2D eigenvalue weighted by atomic mass is 35.5. The van der Waals surface area contributed by atoms with Gasteiger partial charge in [-0.2, -0.15) is 0 Å². The number of nitrogens with one attached hydrogen (secondary N) is 1. The van der Waals surface area contributed by atoms with Crippen LogP contribution in [0, 0.1) is 10.1 Å². The molecule has 0 saturated heterocycles. The number of nitro benzene ring substituents is 1. The van der Waals surface area contributed by atoms with Gasteiger partial charge in [0.25, 0.3) is 11.6 Å². The number of non-ortho nitro benzene ring substituents is 1. The topological polar surface area (TPSA) is 98.3 Å². The third kappa shape index (κ3) is 5.11. The lowest BCUT2D eigenvalue weighted by atomic mass is 10.1. The van der Waals surface area contributed by atoms with E-state index >= 15 is 0 Å². The zero-order chi connectivity index (χ0) is 13.1. The molecule has 0 fully saturated rings. The lowest BCUT2D eigenvalue weighted by molar-refractivity contribution is -0.384. The number of carbonyl (C=O) groups is 1. The average molecular weight is 274 g/mol. The fraction of sp³-hybridized carbons (Fsp3) is 0.364. The summed E-state index contributed by atoms with van der Waals surface area (Å²) in [5.74, 6) is -0.368. The van der Waals surface area contributed by atoms with Crippen LogP contribution in [0.1, 0.15) is 24.2 Å². The summed E-state index contributed by atoms with van der Waals surface area (Å²) in [7, 11) is 0. The first-order valence-electron chi connectivity index (χ1n) is 5.11. The van der Waals surface area contributed by atoms with Crippen molar-refractivity contribution in [3.05, 3.63) is 39.9 Å². The van der Waals surface area contributed by atoms with Crippen molar-refractivity contribution in [3.8, 4) is 0 Å². The molecule has 0 aliphatic heterocycles. The summed E-state index contributed by atoms with van der Waals surface area (Å²) in [6.07, 6.45) is 0. The van der Waals surface area contributed by atoms with Gasteiger partial charge in [-0.05, 0) is 19.9 Å². The van der Waals surface area contributed by atoms with Gasteiger partial charge in [-0.3, -0.25) is 14.9 Å². The molecule has 7 heteroatoms. The van der Waals surface area contributed by atoms with E-state index in [0.29, 0.717) is 6.54 Å². The molecule has 0 spiro atoms. The minimum atomic E-state index is -0.538. The molecule has 1 aromatic carbocycles. The summed E-state index contributed by atoms with van der Waals surface area (Å²) in [6.45, 7) is 3.86. The highest BCUT2D eigenvalue weighted by Crippen LogP contribution is 2.12. The number of nitrogens with two attached hydrogens (primary N) is 1. The number of rotatable bonds is 4. The first-order valence-corrected chi connectivity index (χ1v) is 5.11. The Morgan fingerprint density at radius 3 is 2.61 bits per heavy atom. The highest BCUT2D eigenvalue weighted by Gasteiger charge is 2.15. The molecule has 1 aromatic rings. The van der Waals surface area contributed by atoms with Crippen molar-refractivity contribution in [2.24, 2.45) is 5.73 Å². The number of halogens is 1. The molecule has 0 bridgehead atoms. The van der Waals surface area contributed by atoms with Crippen LogP contribution in [0.2, 0.25) is 0 Å². The van der Waals surface area contributed by atoms with Gasteiger partial charge in [-0.25, -0.2) is 0 Å². The number of hydrogen-bond donors (Lipinski definition) is 2. The Hall–Kier alpha value is -1.66. The van der Waals surface area contributed by atoms with Gasteiger partial charge in [-0.1, -0.05) is 6.07 Å². The van der Waals surface area contributed by atoms with Crippen LogP contribution in [0.15, 0.2) is 24.3 Å². The Morgan fingerprint density at radius 2 is 2.11 bits per heavy atom. The van der Waals surface area contributed by atoms with Crippen molar-refractivity contribution in [1.82, 2.24) is 5.32 Å². The second-order valence-electron chi connectivity index (χ2n) is 4.48. The number of nitrogens with zero attached hydrogens (tertiary/aromatic N) is 1. The van der Waals surface area contributed by atoms with E-state index in [9.17, 15) is 14.9 Å². The molecule has 0 heterocycles. The predicted octanol–water partition coefficient (Wildman–Crippen LogP) is 1.48. The molecule has 0 atom stereocenters. The molecular weight excluding hydrogens is 258 g/mol. The molecule has 0 saturated carbocycles. The smallest absolute Gasteiger partial charge is 0.270 e. The molecule has 0 aliphatic carbocycles. The number of amides is 1. The third-order valence-corrected chi connectivity index (χ3v) is 2.02. The maximum Gasteiger partial charge on any atom is 0.270 e. The molecule has 0 unspecified atom stereocenters. The van der Waals surface area contributed by atoms with Crippen molar-refractivity contribution in [3.63, 3.8) is 0 Å². The van der Waals surface area contributed by atoms with Crippen LogP contribution < -0.4 is 11.1 Å². The zero-order valence-corrected chi connectivity index (χ0v) is 11.0. The maximum absolute atomic E-state index is 11.7. The van der Waals surface area contributed by atoms with E-state index in [1.807, 2.05) is 0 Å². The SMILES string of the molecule is CC(C)(N)CNC(=O)c1cccc([N+](=O)[O-])c1.Cl. The van der Waals surface area contributed by atoms with Gasteiger partial charge in [-0.15, -0.1) is 12.4 Å². The van der Waals surface area contributed by atoms with E-state index < -0.39 is 10.5 Å². The highest BCUT2D eigenvalue weighted by molar-refractivity contribution is 5.94. The quantitative estimate of drug-likeness (QED) is 0.641. The van der Waals surface area contributed by atoms with Crippen LogP contribution >= 0.6 is 12.4 Å². The summed E-state index contributed by atoms with van der Waals surface area (Å²) in [5, 5.41) is 13.2. The van der Waals surface area contributed by atoms with Crippen molar-refractivity contribution in [2.45, 2.75) is 19.4 Å². The van der Waals surface area contributed by atoms with Gasteiger partial charge in [0.2, 0.25) is 0 Å². The number of carbonyl (C=O) groups excluding carboxylic acids is 1. The van der Waals surface area contributed by atoms with Crippen LogP contribution in [0.4, 0.5) is 5.69 Å². The predicted molar refractivity (Wildman–Crippen MR) is 70.9 cm³/mol. The van der Waals surface area contributed by atoms with Crippen molar-refractivity contribution in [1.29, 1.82) is 0 Å². The lowest BCUT2D eigenvalue weighted by Crippen LogP contribution is -2.45. The molecule has 0 aliphatic rings. The summed E-state index contributed by atoms with van der Waals surface area (Å²) < 4.78 is 0. The Labute approximate surface area is 111 Å². The van der Waals surface area contributed by atoms with Crippen molar-refractivity contribution < 1.29 is 9.72 Å². The van der Waals surface area contributed by atoms with Crippen LogP contribution in [-0.4, -0.2) is 22.9 Å². The van der Waals surface area contributed by atoms with E-state index in [1.165, 1.54) is 24.3 Å². The molecular formula is C11H16ClN3O3. The number of hydrogen-bond acceptors (Lipinski definition) is 4. The maximum atomic E-state index is 11.7. The minimum absolute atomic E-state index is 0. The molecule has 1 amide bonds. The summed E-state index contributed by atoms with van der Waals surface area (Å²) in [5.41, 5.74) is 5.35. The van der Waals surface area contributed by atoms with Gasteiger partial charge >= 0.3 is 0 Å². The Balaban J connectivity index is 0.00000289. The van der Waals surface area contributed by atoms with Crippen molar-refractivity contribution in [2.75, 3.05) is 6.54 Å². The van der Waals surface area contributed by atoms with Gasteiger partial charge in [0.15, 0.2) is 0 Å². The van der Waals surface area contributed by atoms with Gasteiger partial charge < -0.3 is 11.1 Å². The van der Waals surface area contributed by atoms with E-state index in [1.54, 1.807) is 13.8 Å². The van der Waals surface area contributed by atoms with Crippen LogP contribution in [0.3, 0.4) is 0 Å². The second-order valence-corrected chi connectivity index (χ2v) is 4.48. The van der Waals surface area contributed by atoms with Gasteiger partial charge in [0.1, 0.15) is 0 Å². The van der Waals surface area contributed by atoms with Crippen LogP contribution in [0.5, 0.6) is 0 Å². The molecule has 18 heavy (non-hydrogen) atoms. The van der Waals surface area contributed by atoms with E-state index in [-0.39, 0.29) is 29.6 Å². The Morgan fingerprint density at radius 1 is 1.50 bits per heavy atom. The molecule has 6 nitrogen and oxygen atoms in total. The van der Waals surface area contributed by atoms with E-state index in [0.717, 1.165) is 0 Å². The first kappa shape index (κ1) is 16.3. The average Bonchev–Trinajstić information content (AvgIpc) is 2.25. The molecule has 0 aromatic heterocycles. The molecule has 100 valence electrons. The normalized spacial score (nSPS) is 10.4. The first-order chi connectivity index (χ1) is 7.79. The molecule has 3 N–H and O–H groups in total. The second kappa shape index (κ2) is 6.32. The molecule has 1 rings (SSSR count). The zero-order valence-electron chi connectivity index (χ0n) is 10.2. The van der Waals surface area contributed by atoms with Crippen LogP contribution in [0.25, 0.3) is 0 Å². The molecule has 0 radical (unpaired) electrons. The Bertz CT molecular complexity index is 443. The lowest BCUT2D eigenvalue weighted by Gasteiger charge is -2.18. The fourth-order valence-corrected chi connectivity index (χ4v) is 1.17. The van der Waals surface area contributed by atoms with E-state index in [4.69, 9.17) is 5.73 Å². The third-order valence-electron chi connectivity index (χ3n) is 2.02. The minimum Gasteiger partial charge on any atom is -0.350 e. The summed E-state index contributed by atoms with van der Waals surface area (Å²) in [4.78, 5) is 21.7. The largest absolute Gasteiger partial charge is 0.350 e. The standard InChI is InChI=1S/C11H15N3O3.ClH/c1-11(2,12)7-13-10(15)8-4-3-5-9(6-8)14(16)17;/h3-6H,7,12H2,1-2H3,(H,13,15);1H. The monoisotopic (exact) mass is 273 g/mol. The number of benzene rings is 1. The van der Waals surface area contributed by atoms with Gasteiger partial charge in [0, 0.05) is 29.8 Å². The Kier molecular flexibility index (Phi) is 5.74. The van der Waals surface area contributed by atoms with Crippen molar-refractivity contribution >= 4 is 24.0 Å². The van der Waals surface area contributed by atoms with Gasteiger partial charge in [0.05, 0.1) is 4.92 Å². The number of nitro groups is 1. The summed E-state index contributed by atoms with van der Waals surface area (Å²) in [6, 6.07) is 5.56. The van der Waals surface area contributed by atoms with Crippen LogP contribution in [-0.2, 0) is 0 Å².